The molecule has 0 aliphatic carbocycles. The lowest BCUT2D eigenvalue weighted by Crippen LogP contribution is -2.53. The summed E-state index contributed by atoms with van der Waals surface area (Å²) in [4.78, 5) is 28.1. The largest absolute Gasteiger partial charge is 0.493 e. The van der Waals surface area contributed by atoms with Gasteiger partial charge in [-0.3, -0.25) is 9.59 Å². The van der Waals surface area contributed by atoms with Crippen molar-refractivity contribution in [2.75, 3.05) is 14.2 Å². The number of aryl methyl sites for hydroxylation is 1. The Kier molecular flexibility index (Phi) is 9.59. The Morgan fingerprint density at radius 1 is 1.00 bits per heavy atom. The zero-order valence-electron chi connectivity index (χ0n) is 20.4. The molecule has 180 valence electrons. The monoisotopic (exact) mass is 474 g/mol. The minimum Gasteiger partial charge on any atom is -0.493 e. The highest BCUT2D eigenvalue weighted by atomic mass is 35.5. The van der Waals surface area contributed by atoms with E-state index in [9.17, 15) is 9.59 Å². The van der Waals surface area contributed by atoms with Gasteiger partial charge < -0.3 is 19.7 Å². The van der Waals surface area contributed by atoms with E-state index in [1.165, 1.54) is 0 Å². The van der Waals surface area contributed by atoms with E-state index in [0.717, 1.165) is 11.1 Å². The highest BCUT2D eigenvalue weighted by molar-refractivity contribution is 6.30. The molecule has 0 aliphatic heterocycles. The van der Waals surface area contributed by atoms with Crippen molar-refractivity contribution in [1.82, 2.24) is 10.2 Å². The van der Waals surface area contributed by atoms with E-state index in [-0.39, 0.29) is 23.8 Å². The number of hydrogen-bond acceptors (Lipinski definition) is 4. The number of nitrogens with zero attached hydrogens (tertiary/aromatic N) is 1. The molecule has 2 amide bonds. The van der Waals surface area contributed by atoms with Crippen LogP contribution in [0, 0.1) is 0 Å². The number of hydrogen-bond donors (Lipinski definition) is 1. The first-order valence-corrected chi connectivity index (χ1v) is 11.5. The van der Waals surface area contributed by atoms with Crippen LogP contribution < -0.4 is 14.8 Å². The molecule has 1 unspecified atom stereocenters. The molecule has 0 radical (unpaired) electrons. The second-order valence-corrected chi connectivity index (χ2v) is 9.44. The van der Waals surface area contributed by atoms with E-state index < -0.39 is 6.04 Å². The summed E-state index contributed by atoms with van der Waals surface area (Å²) in [7, 11) is 3.17. The van der Waals surface area contributed by atoms with Crippen LogP contribution in [0.5, 0.6) is 11.5 Å². The number of ether oxygens (including phenoxy) is 2. The average molecular weight is 475 g/mol. The Labute approximate surface area is 202 Å². The normalized spacial score (nSPS) is 12.1. The van der Waals surface area contributed by atoms with Crippen molar-refractivity contribution < 1.29 is 19.1 Å². The summed E-state index contributed by atoms with van der Waals surface area (Å²) in [5.74, 6) is 1.02. The van der Waals surface area contributed by atoms with Crippen LogP contribution >= 0.6 is 11.6 Å². The van der Waals surface area contributed by atoms with Crippen molar-refractivity contribution in [3.8, 4) is 11.5 Å². The topological polar surface area (TPSA) is 67.9 Å². The number of halogens is 1. The number of rotatable bonds is 10. The van der Waals surface area contributed by atoms with Gasteiger partial charge >= 0.3 is 0 Å². The lowest BCUT2D eigenvalue weighted by molar-refractivity contribution is -0.142. The molecule has 1 N–H and O–H groups in total. The van der Waals surface area contributed by atoms with Gasteiger partial charge in [0.25, 0.3) is 0 Å². The zero-order valence-corrected chi connectivity index (χ0v) is 21.2. The van der Waals surface area contributed by atoms with Gasteiger partial charge in [-0.05, 0) is 69.0 Å². The first kappa shape index (κ1) is 26.5. The van der Waals surface area contributed by atoms with Gasteiger partial charge in [0.05, 0.1) is 14.2 Å². The third-order valence-corrected chi connectivity index (χ3v) is 5.48. The molecule has 0 bridgehead atoms. The van der Waals surface area contributed by atoms with E-state index in [0.29, 0.717) is 35.9 Å². The van der Waals surface area contributed by atoms with Gasteiger partial charge in [0.1, 0.15) is 6.04 Å². The van der Waals surface area contributed by atoms with E-state index in [1.54, 1.807) is 31.3 Å². The van der Waals surface area contributed by atoms with Gasteiger partial charge in [-0.15, -0.1) is 0 Å². The van der Waals surface area contributed by atoms with E-state index in [1.807, 2.05) is 58.0 Å². The number of amides is 2. The van der Waals surface area contributed by atoms with Gasteiger partial charge in [-0.2, -0.15) is 0 Å². The summed E-state index contributed by atoms with van der Waals surface area (Å²) >= 11 is 6.02. The van der Waals surface area contributed by atoms with Crippen molar-refractivity contribution in [2.45, 2.75) is 65.1 Å². The van der Waals surface area contributed by atoms with Crippen LogP contribution in [0.4, 0.5) is 0 Å². The zero-order chi connectivity index (χ0) is 24.6. The van der Waals surface area contributed by atoms with Crippen LogP contribution in [0.15, 0.2) is 42.5 Å². The summed E-state index contributed by atoms with van der Waals surface area (Å²) in [5, 5.41) is 3.64. The number of carbonyl (C=O) groups is 2. The number of carbonyl (C=O) groups excluding carboxylic acids is 2. The molecule has 0 heterocycles. The lowest BCUT2D eigenvalue weighted by Gasteiger charge is -2.33. The van der Waals surface area contributed by atoms with Crippen LogP contribution in [-0.2, 0) is 22.6 Å². The maximum Gasteiger partial charge on any atom is 0.243 e. The van der Waals surface area contributed by atoms with Gasteiger partial charge in [-0.25, -0.2) is 0 Å². The quantitative estimate of drug-likeness (QED) is 0.525. The van der Waals surface area contributed by atoms with Crippen molar-refractivity contribution in [2.24, 2.45) is 0 Å². The fraction of sp³-hybridized carbons (Fsp3) is 0.462. The Morgan fingerprint density at radius 2 is 1.61 bits per heavy atom. The summed E-state index contributed by atoms with van der Waals surface area (Å²) in [6.45, 7) is 8.04. The second-order valence-electron chi connectivity index (χ2n) is 9.00. The molecule has 0 saturated heterocycles. The lowest BCUT2D eigenvalue weighted by atomic mass is 10.0. The summed E-state index contributed by atoms with van der Waals surface area (Å²) in [6.07, 6.45) is 1.30. The maximum atomic E-state index is 13.4. The van der Waals surface area contributed by atoms with Gasteiger partial charge in [-0.1, -0.05) is 36.7 Å². The highest BCUT2D eigenvalue weighted by Gasteiger charge is 2.30. The van der Waals surface area contributed by atoms with Crippen molar-refractivity contribution in [3.05, 3.63) is 58.6 Å². The Morgan fingerprint density at radius 3 is 2.15 bits per heavy atom. The van der Waals surface area contributed by atoms with Crippen molar-refractivity contribution in [1.29, 1.82) is 0 Å². The van der Waals surface area contributed by atoms with E-state index in [2.05, 4.69) is 5.32 Å². The van der Waals surface area contributed by atoms with Gasteiger partial charge in [0, 0.05) is 23.5 Å². The second kappa shape index (κ2) is 11.9. The molecular formula is C26H35ClN2O4. The van der Waals surface area contributed by atoms with Crippen LogP contribution in [0.25, 0.3) is 0 Å². The molecule has 33 heavy (non-hydrogen) atoms. The molecule has 0 aliphatic rings. The molecule has 2 rings (SSSR count). The molecule has 0 fully saturated rings. The molecule has 2 aromatic carbocycles. The average Bonchev–Trinajstić information content (AvgIpc) is 2.77. The minimum absolute atomic E-state index is 0.0874. The standard InChI is InChI=1S/C26H35ClN2O4/c1-7-21(25(31)28-26(2,3)4)29(17-19-8-12-20(27)13-9-19)24(30)15-11-18-10-14-22(32-5)23(16-18)33-6/h8-10,12-14,16,21H,7,11,15,17H2,1-6H3,(H,28,31). The maximum absolute atomic E-state index is 13.4. The molecular weight excluding hydrogens is 440 g/mol. The Hall–Kier alpha value is -2.73. The fourth-order valence-corrected chi connectivity index (χ4v) is 3.72. The number of nitrogens with one attached hydrogen (secondary N) is 1. The number of methoxy groups -OCH3 is 2. The van der Waals surface area contributed by atoms with Gasteiger partial charge in [0.2, 0.25) is 11.8 Å². The van der Waals surface area contributed by atoms with Gasteiger partial charge in [0.15, 0.2) is 11.5 Å². The van der Waals surface area contributed by atoms with Crippen LogP contribution in [0.2, 0.25) is 5.02 Å². The minimum atomic E-state index is -0.571. The van der Waals surface area contributed by atoms with Crippen molar-refractivity contribution >= 4 is 23.4 Å². The van der Waals surface area contributed by atoms with Crippen LogP contribution in [-0.4, -0.2) is 42.5 Å². The molecule has 1 atom stereocenters. The van der Waals surface area contributed by atoms with E-state index in [4.69, 9.17) is 21.1 Å². The predicted molar refractivity (Wildman–Crippen MR) is 132 cm³/mol. The molecule has 2 aromatic rings. The smallest absolute Gasteiger partial charge is 0.243 e. The summed E-state index contributed by atoms with van der Waals surface area (Å²) < 4.78 is 10.7. The number of benzene rings is 2. The first-order chi connectivity index (χ1) is 15.6. The third-order valence-electron chi connectivity index (χ3n) is 5.23. The van der Waals surface area contributed by atoms with Crippen LogP contribution in [0.3, 0.4) is 0 Å². The molecule has 0 spiro atoms. The van der Waals surface area contributed by atoms with E-state index >= 15 is 0 Å². The third kappa shape index (κ3) is 7.97. The highest BCUT2D eigenvalue weighted by Crippen LogP contribution is 2.28. The predicted octanol–water partition coefficient (Wildman–Crippen LogP) is 5.01. The Bertz CT molecular complexity index is 938. The molecule has 0 aromatic heterocycles. The summed E-state index contributed by atoms with van der Waals surface area (Å²) in [5.41, 5.74) is 1.49. The molecule has 7 heteroatoms. The molecule has 6 nitrogen and oxygen atoms in total. The SMILES string of the molecule is CCC(C(=O)NC(C)(C)C)N(Cc1ccc(Cl)cc1)C(=O)CCc1ccc(OC)c(OC)c1. The fourth-order valence-electron chi connectivity index (χ4n) is 3.59. The molecule has 0 saturated carbocycles. The van der Waals surface area contributed by atoms with Crippen LogP contribution in [0.1, 0.15) is 51.7 Å². The van der Waals surface area contributed by atoms with Crippen molar-refractivity contribution in [3.63, 3.8) is 0 Å². The summed E-state index contributed by atoms with van der Waals surface area (Å²) in [6, 6.07) is 12.4. The Balaban J connectivity index is 2.24. The first-order valence-electron chi connectivity index (χ1n) is 11.1.